The van der Waals surface area contributed by atoms with Gasteiger partial charge in [-0.2, -0.15) is 0 Å². The summed E-state index contributed by atoms with van der Waals surface area (Å²) in [6, 6.07) is 0. The standard InChI is InChI=1S/C13H18O5/c1-13(10(15)5-6-11(13)16)8-7-9(14)3-2-4-12(17)18/h2-8H2,1H3,(H,17,18). The normalized spacial score (nSPS) is 18.1. The van der Waals surface area contributed by atoms with Crippen molar-refractivity contribution in [2.45, 2.75) is 51.9 Å². The zero-order chi connectivity index (χ0) is 13.8. The Labute approximate surface area is 106 Å². The van der Waals surface area contributed by atoms with Crippen LogP contribution < -0.4 is 0 Å². The topological polar surface area (TPSA) is 88.5 Å². The summed E-state index contributed by atoms with van der Waals surface area (Å²) in [7, 11) is 0. The largest absolute Gasteiger partial charge is 0.481 e. The van der Waals surface area contributed by atoms with Crippen molar-refractivity contribution in [3.8, 4) is 0 Å². The van der Waals surface area contributed by atoms with Crippen LogP contribution in [0.3, 0.4) is 0 Å². The maximum absolute atomic E-state index is 11.6. The van der Waals surface area contributed by atoms with Gasteiger partial charge in [-0.1, -0.05) is 0 Å². The highest BCUT2D eigenvalue weighted by Crippen LogP contribution is 2.35. The molecule has 0 spiro atoms. The average Bonchev–Trinajstić information content (AvgIpc) is 2.55. The van der Waals surface area contributed by atoms with Gasteiger partial charge in [-0.25, -0.2) is 0 Å². The third-order valence-corrected chi connectivity index (χ3v) is 3.56. The van der Waals surface area contributed by atoms with Crippen molar-refractivity contribution in [2.75, 3.05) is 0 Å². The molecule has 0 amide bonds. The second-order valence-electron chi connectivity index (χ2n) is 4.96. The van der Waals surface area contributed by atoms with Crippen molar-refractivity contribution in [1.29, 1.82) is 0 Å². The monoisotopic (exact) mass is 254 g/mol. The summed E-state index contributed by atoms with van der Waals surface area (Å²) in [4.78, 5) is 45.0. The van der Waals surface area contributed by atoms with Gasteiger partial charge in [0.05, 0.1) is 5.41 Å². The average molecular weight is 254 g/mol. The molecule has 0 aromatic carbocycles. The molecule has 18 heavy (non-hydrogen) atoms. The molecule has 1 fully saturated rings. The zero-order valence-corrected chi connectivity index (χ0v) is 10.5. The third kappa shape index (κ3) is 3.48. The van der Waals surface area contributed by atoms with Crippen LogP contribution >= 0.6 is 0 Å². The van der Waals surface area contributed by atoms with Crippen molar-refractivity contribution in [2.24, 2.45) is 5.41 Å². The second kappa shape index (κ2) is 5.89. The number of carbonyl (C=O) groups excluding carboxylic acids is 3. The van der Waals surface area contributed by atoms with Gasteiger partial charge in [0.1, 0.15) is 17.3 Å². The smallest absolute Gasteiger partial charge is 0.303 e. The van der Waals surface area contributed by atoms with Crippen LogP contribution in [0.25, 0.3) is 0 Å². The molecule has 0 aromatic rings. The van der Waals surface area contributed by atoms with Crippen molar-refractivity contribution in [3.05, 3.63) is 0 Å². The molecule has 0 aromatic heterocycles. The van der Waals surface area contributed by atoms with Gasteiger partial charge in [-0.15, -0.1) is 0 Å². The minimum atomic E-state index is -0.984. The van der Waals surface area contributed by atoms with E-state index in [9.17, 15) is 19.2 Å². The van der Waals surface area contributed by atoms with Crippen molar-refractivity contribution in [1.82, 2.24) is 0 Å². The van der Waals surface area contributed by atoms with Gasteiger partial charge in [0.15, 0.2) is 0 Å². The fourth-order valence-corrected chi connectivity index (χ4v) is 2.16. The molecule has 5 heteroatoms. The molecule has 1 rings (SSSR count). The SMILES string of the molecule is CC1(CCC(=O)CCCC(=O)O)C(=O)CCC1=O. The van der Waals surface area contributed by atoms with Gasteiger partial charge < -0.3 is 5.11 Å². The van der Waals surface area contributed by atoms with E-state index in [0.29, 0.717) is 6.42 Å². The number of hydrogen-bond acceptors (Lipinski definition) is 4. The maximum Gasteiger partial charge on any atom is 0.303 e. The fraction of sp³-hybridized carbons (Fsp3) is 0.692. The summed E-state index contributed by atoms with van der Waals surface area (Å²) in [5.41, 5.74) is -0.984. The van der Waals surface area contributed by atoms with E-state index in [1.54, 1.807) is 6.92 Å². The van der Waals surface area contributed by atoms with Crippen LogP contribution in [0.2, 0.25) is 0 Å². The third-order valence-electron chi connectivity index (χ3n) is 3.56. The Kier molecular flexibility index (Phi) is 4.76. The van der Waals surface area contributed by atoms with Gasteiger partial charge in [0.2, 0.25) is 0 Å². The van der Waals surface area contributed by atoms with Crippen molar-refractivity contribution < 1.29 is 24.3 Å². The van der Waals surface area contributed by atoms with Crippen molar-refractivity contribution in [3.63, 3.8) is 0 Å². The lowest BCUT2D eigenvalue weighted by Crippen LogP contribution is -2.29. The highest BCUT2D eigenvalue weighted by atomic mass is 16.4. The van der Waals surface area contributed by atoms with E-state index in [2.05, 4.69) is 0 Å². The number of aliphatic carboxylic acids is 1. The Hall–Kier alpha value is -1.52. The lowest BCUT2D eigenvalue weighted by atomic mass is 9.81. The summed E-state index contributed by atoms with van der Waals surface area (Å²) in [6.45, 7) is 1.61. The van der Waals surface area contributed by atoms with E-state index in [4.69, 9.17) is 5.11 Å². The molecule has 0 heterocycles. The summed E-state index contributed by atoms with van der Waals surface area (Å²) >= 11 is 0. The molecule has 0 unspecified atom stereocenters. The first-order chi connectivity index (χ1) is 8.36. The minimum absolute atomic E-state index is 0.0269. The number of ketones is 3. The molecule has 1 N–H and O–H groups in total. The highest BCUT2D eigenvalue weighted by molar-refractivity contribution is 6.12. The molecule has 5 nitrogen and oxygen atoms in total. The summed E-state index contributed by atoms with van der Waals surface area (Å²) in [6.07, 6.45) is 1.48. The lowest BCUT2D eigenvalue weighted by molar-refractivity contribution is -0.137. The molecule has 0 radical (unpaired) electrons. The number of carbonyl (C=O) groups is 4. The fourth-order valence-electron chi connectivity index (χ4n) is 2.16. The van der Waals surface area contributed by atoms with Crippen LogP contribution in [0.15, 0.2) is 0 Å². The molecule has 0 bridgehead atoms. The van der Waals surface area contributed by atoms with Crippen LogP contribution in [0.4, 0.5) is 0 Å². The minimum Gasteiger partial charge on any atom is -0.481 e. The van der Waals surface area contributed by atoms with Crippen LogP contribution in [0.1, 0.15) is 51.9 Å². The number of carboxylic acid groups (broad SMARTS) is 1. The highest BCUT2D eigenvalue weighted by Gasteiger charge is 2.44. The predicted octanol–water partition coefficient (Wildman–Crippen LogP) is 1.53. The molecule has 0 aliphatic heterocycles. The number of rotatable bonds is 7. The Morgan fingerprint density at radius 2 is 1.67 bits per heavy atom. The Balaban J connectivity index is 2.36. The lowest BCUT2D eigenvalue weighted by Gasteiger charge is -2.19. The van der Waals surface area contributed by atoms with Crippen LogP contribution in [-0.4, -0.2) is 28.4 Å². The zero-order valence-electron chi connectivity index (χ0n) is 10.5. The first kappa shape index (κ1) is 14.5. The number of hydrogen-bond donors (Lipinski definition) is 1. The Morgan fingerprint density at radius 3 is 2.17 bits per heavy atom. The summed E-state index contributed by atoms with van der Waals surface area (Å²) in [5.74, 6) is -1.16. The van der Waals surface area contributed by atoms with Gasteiger partial charge in [0.25, 0.3) is 0 Å². The molecular weight excluding hydrogens is 236 g/mol. The predicted molar refractivity (Wildman–Crippen MR) is 63.1 cm³/mol. The maximum atomic E-state index is 11.6. The Bertz CT molecular complexity index is 367. The van der Waals surface area contributed by atoms with Crippen LogP contribution in [-0.2, 0) is 19.2 Å². The van der Waals surface area contributed by atoms with E-state index in [1.165, 1.54) is 0 Å². The molecule has 1 aliphatic carbocycles. The van der Waals surface area contributed by atoms with Crippen LogP contribution in [0, 0.1) is 5.41 Å². The van der Waals surface area contributed by atoms with Gasteiger partial charge >= 0.3 is 5.97 Å². The van der Waals surface area contributed by atoms with E-state index in [0.717, 1.165) is 0 Å². The number of carboxylic acids is 1. The molecule has 1 saturated carbocycles. The number of Topliss-reactive ketones (excluding diaryl/α,β-unsaturated/α-hetero) is 3. The van der Waals surface area contributed by atoms with Gasteiger partial charge in [-0.05, 0) is 19.8 Å². The van der Waals surface area contributed by atoms with Gasteiger partial charge in [-0.3, -0.25) is 19.2 Å². The molecule has 100 valence electrons. The molecule has 0 atom stereocenters. The second-order valence-corrected chi connectivity index (χ2v) is 4.96. The van der Waals surface area contributed by atoms with Gasteiger partial charge in [0, 0.05) is 32.1 Å². The quantitative estimate of drug-likeness (QED) is 0.696. The van der Waals surface area contributed by atoms with E-state index < -0.39 is 11.4 Å². The molecule has 0 saturated heterocycles. The van der Waals surface area contributed by atoms with Crippen LogP contribution in [0.5, 0.6) is 0 Å². The van der Waals surface area contributed by atoms with Crippen molar-refractivity contribution >= 4 is 23.3 Å². The first-order valence-electron chi connectivity index (χ1n) is 6.16. The summed E-state index contributed by atoms with van der Waals surface area (Å²) in [5, 5.41) is 8.44. The first-order valence-corrected chi connectivity index (χ1v) is 6.16. The van der Waals surface area contributed by atoms with E-state index in [-0.39, 0.29) is 55.9 Å². The molecular formula is C13H18O5. The van der Waals surface area contributed by atoms with E-state index >= 15 is 0 Å². The van der Waals surface area contributed by atoms with E-state index in [1.807, 2.05) is 0 Å². The Morgan fingerprint density at radius 1 is 1.11 bits per heavy atom. The summed E-state index contributed by atoms with van der Waals surface area (Å²) < 4.78 is 0. The molecule has 1 aliphatic rings.